The van der Waals surface area contributed by atoms with Crippen molar-refractivity contribution in [2.24, 2.45) is 0 Å². The number of rotatable bonds is 4. The van der Waals surface area contributed by atoms with E-state index in [1.165, 1.54) is 16.8 Å². The number of sulfonamides is 1. The molecule has 1 saturated heterocycles. The Bertz CT molecular complexity index is 846. The Morgan fingerprint density at radius 3 is 2.36 bits per heavy atom. The Balaban J connectivity index is 1.81. The summed E-state index contributed by atoms with van der Waals surface area (Å²) in [5.41, 5.74) is 4.96. The second kappa shape index (κ2) is 6.80. The van der Waals surface area contributed by atoms with Crippen molar-refractivity contribution in [1.29, 1.82) is 0 Å². The molecule has 0 spiro atoms. The monoisotopic (exact) mass is 362 g/mol. The van der Waals surface area contributed by atoms with Crippen LogP contribution < -0.4 is 4.90 Å². The van der Waals surface area contributed by atoms with Crippen LogP contribution in [0.3, 0.4) is 0 Å². The fourth-order valence-corrected chi connectivity index (χ4v) is 5.41. The van der Waals surface area contributed by atoms with Gasteiger partial charge in [-0.25, -0.2) is 8.42 Å². The number of aromatic nitrogens is 2. The predicted octanol–water partition coefficient (Wildman–Crippen LogP) is 2.41. The minimum Gasteiger partial charge on any atom is -0.368 e. The van der Waals surface area contributed by atoms with Gasteiger partial charge in [0.15, 0.2) is 0 Å². The van der Waals surface area contributed by atoms with Crippen molar-refractivity contribution in [3.05, 3.63) is 40.7 Å². The first-order valence-corrected chi connectivity index (χ1v) is 10.2. The Morgan fingerprint density at radius 1 is 1.12 bits per heavy atom. The summed E-state index contributed by atoms with van der Waals surface area (Å²) in [6.07, 6.45) is 0.975. The Morgan fingerprint density at radius 2 is 1.80 bits per heavy atom. The first-order chi connectivity index (χ1) is 11.9. The second-order valence-corrected chi connectivity index (χ2v) is 8.47. The van der Waals surface area contributed by atoms with Gasteiger partial charge in [0.05, 0.1) is 11.4 Å². The van der Waals surface area contributed by atoms with Gasteiger partial charge in [0.1, 0.15) is 4.90 Å². The zero-order valence-corrected chi connectivity index (χ0v) is 16.2. The van der Waals surface area contributed by atoms with Crippen molar-refractivity contribution in [3.63, 3.8) is 0 Å². The van der Waals surface area contributed by atoms with Gasteiger partial charge in [0.2, 0.25) is 10.0 Å². The second-order valence-electron chi connectivity index (χ2n) is 6.59. The summed E-state index contributed by atoms with van der Waals surface area (Å²) >= 11 is 0. The van der Waals surface area contributed by atoms with Crippen LogP contribution in [0.25, 0.3) is 0 Å². The van der Waals surface area contributed by atoms with Crippen LogP contribution in [0, 0.1) is 20.8 Å². The maximum Gasteiger partial charge on any atom is 0.246 e. The molecule has 0 unspecified atom stereocenters. The summed E-state index contributed by atoms with van der Waals surface area (Å²) in [4.78, 5) is 2.64. The van der Waals surface area contributed by atoms with Gasteiger partial charge in [-0.15, -0.1) is 0 Å². The van der Waals surface area contributed by atoms with Crippen molar-refractivity contribution >= 4 is 15.7 Å². The van der Waals surface area contributed by atoms with E-state index in [9.17, 15) is 8.42 Å². The molecular weight excluding hydrogens is 336 g/mol. The standard InChI is InChI=1S/C18H26N4O2S/c1-5-16-8-6-7-13(2)17(16)21-9-11-22(12-10-21)25(23,24)18-14(3)19-20-15(18)4/h6-8H,5,9-12H2,1-4H3,(H,19,20). The minimum atomic E-state index is -3.50. The average molecular weight is 362 g/mol. The molecule has 0 radical (unpaired) electrons. The molecule has 25 heavy (non-hydrogen) atoms. The molecule has 1 aliphatic rings. The van der Waals surface area contributed by atoms with Crippen LogP contribution in [0.15, 0.2) is 23.1 Å². The number of nitrogens with one attached hydrogen (secondary N) is 1. The van der Waals surface area contributed by atoms with Gasteiger partial charge in [-0.3, -0.25) is 5.10 Å². The number of piperazine rings is 1. The molecule has 1 aromatic carbocycles. The Kier molecular flexibility index (Phi) is 4.88. The van der Waals surface area contributed by atoms with Crippen LogP contribution in [-0.2, 0) is 16.4 Å². The van der Waals surface area contributed by atoms with Crippen LogP contribution in [0.4, 0.5) is 5.69 Å². The Labute approximate surface area is 149 Å². The summed E-state index contributed by atoms with van der Waals surface area (Å²) in [6, 6.07) is 6.36. The Hall–Kier alpha value is -1.86. The van der Waals surface area contributed by atoms with Gasteiger partial charge in [-0.1, -0.05) is 25.1 Å². The van der Waals surface area contributed by atoms with Gasteiger partial charge >= 0.3 is 0 Å². The van der Waals surface area contributed by atoms with Crippen LogP contribution >= 0.6 is 0 Å². The number of hydrogen-bond donors (Lipinski definition) is 1. The lowest BCUT2D eigenvalue weighted by molar-refractivity contribution is 0.384. The summed E-state index contributed by atoms with van der Waals surface area (Å²) in [5.74, 6) is 0. The third-order valence-electron chi connectivity index (χ3n) is 4.92. The van der Waals surface area contributed by atoms with E-state index >= 15 is 0 Å². The van der Waals surface area contributed by atoms with Crippen molar-refractivity contribution in [2.75, 3.05) is 31.1 Å². The van der Waals surface area contributed by atoms with E-state index in [-0.39, 0.29) is 0 Å². The fraction of sp³-hybridized carbons (Fsp3) is 0.500. The van der Waals surface area contributed by atoms with Gasteiger partial charge in [-0.05, 0) is 38.3 Å². The normalized spacial score (nSPS) is 16.4. The molecule has 6 nitrogen and oxygen atoms in total. The molecule has 1 N–H and O–H groups in total. The maximum absolute atomic E-state index is 13.0. The molecular formula is C18H26N4O2S. The van der Waals surface area contributed by atoms with Crippen molar-refractivity contribution < 1.29 is 8.42 Å². The highest BCUT2D eigenvalue weighted by Gasteiger charge is 2.32. The number of anilines is 1. The van der Waals surface area contributed by atoms with E-state index in [1.54, 1.807) is 18.2 Å². The quantitative estimate of drug-likeness (QED) is 0.907. The molecule has 1 fully saturated rings. The van der Waals surface area contributed by atoms with Gasteiger partial charge in [0, 0.05) is 31.9 Å². The molecule has 1 aliphatic heterocycles. The van der Waals surface area contributed by atoms with Crippen molar-refractivity contribution in [1.82, 2.24) is 14.5 Å². The van der Waals surface area contributed by atoms with Gasteiger partial charge < -0.3 is 4.90 Å². The van der Waals surface area contributed by atoms with Gasteiger partial charge in [0.25, 0.3) is 0 Å². The zero-order chi connectivity index (χ0) is 18.2. The van der Waals surface area contributed by atoms with E-state index < -0.39 is 10.0 Å². The molecule has 0 atom stereocenters. The SMILES string of the molecule is CCc1cccc(C)c1N1CCN(S(=O)(=O)c2c(C)n[nH]c2C)CC1. The third kappa shape index (κ3) is 3.18. The molecule has 0 aliphatic carbocycles. The zero-order valence-electron chi connectivity index (χ0n) is 15.3. The summed E-state index contributed by atoms with van der Waals surface area (Å²) in [5, 5.41) is 6.81. The molecule has 3 rings (SSSR count). The van der Waals surface area contributed by atoms with Gasteiger partial charge in [-0.2, -0.15) is 9.40 Å². The molecule has 0 amide bonds. The number of H-pyrrole nitrogens is 1. The minimum absolute atomic E-state index is 0.325. The number of benzene rings is 1. The molecule has 7 heteroatoms. The average Bonchev–Trinajstić information content (AvgIpc) is 2.94. The lowest BCUT2D eigenvalue weighted by Crippen LogP contribution is -2.49. The first kappa shape index (κ1) is 17.9. The lowest BCUT2D eigenvalue weighted by Gasteiger charge is -2.37. The number of para-hydroxylation sites is 1. The molecule has 136 valence electrons. The highest BCUT2D eigenvalue weighted by Crippen LogP contribution is 2.28. The molecule has 0 bridgehead atoms. The molecule has 2 heterocycles. The van der Waals surface area contributed by atoms with E-state index in [2.05, 4.69) is 47.1 Å². The number of aromatic amines is 1. The van der Waals surface area contributed by atoms with Crippen LogP contribution in [0.5, 0.6) is 0 Å². The molecule has 0 saturated carbocycles. The molecule has 1 aromatic heterocycles. The third-order valence-corrected chi connectivity index (χ3v) is 7.08. The summed E-state index contributed by atoms with van der Waals surface area (Å²) < 4.78 is 27.5. The molecule has 2 aromatic rings. The summed E-state index contributed by atoms with van der Waals surface area (Å²) in [6.45, 7) is 10.1. The maximum atomic E-state index is 13.0. The lowest BCUT2D eigenvalue weighted by atomic mass is 10.0. The smallest absolute Gasteiger partial charge is 0.246 e. The predicted molar refractivity (Wildman–Crippen MR) is 99.6 cm³/mol. The van der Waals surface area contributed by atoms with Crippen LogP contribution in [-0.4, -0.2) is 49.1 Å². The van der Waals surface area contributed by atoms with Crippen molar-refractivity contribution in [2.45, 2.75) is 39.0 Å². The topological polar surface area (TPSA) is 69.3 Å². The highest BCUT2D eigenvalue weighted by atomic mass is 32.2. The van der Waals surface area contributed by atoms with Crippen molar-refractivity contribution in [3.8, 4) is 0 Å². The number of aryl methyl sites for hydroxylation is 4. The largest absolute Gasteiger partial charge is 0.368 e. The first-order valence-electron chi connectivity index (χ1n) is 8.71. The van der Waals surface area contributed by atoms with Crippen LogP contribution in [0.1, 0.15) is 29.4 Å². The number of hydrogen-bond acceptors (Lipinski definition) is 4. The van der Waals surface area contributed by atoms with E-state index in [0.717, 1.165) is 6.42 Å². The van der Waals surface area contributed by atoms with Crippen LogP contribution in [0.2, 0.25) is 0 Å². The fourth-order valence-electron chi connectivity index (χ4n) is 3.66. The van der Waals surface area contributed by atoms with E-state index in [1.807, 2.05) is 0 Å². The number of nitrogens with zero attached hydrogens (tertiary/aromatic N) is 3. The summed E-state index contributed by atoms with van der Waals surface area (Å²) in [7, 11) is -3.50. The highest BCUT2D eigenvalue weighted by molar-refractivity contribution is 7.89. The van der Waals surface area contributed by atoms with E-state index in [4.69, 9.17) is 0 Å². The van der Waals surface area contributed by atoms with E-state index in [0.29, 0.717) is 42.5 Å².